The van der Waals surface area contributed by atoms with Crippen molar-refractivity contribution in [1.82, 2.24) is 19.7 Å². The second-order valence-electron chi connectivity index (χ2n) is 4.90. The Morgan fingerprint density at radius 2 is 2.21 bits per heavy atom. The van der Waals surface area contributed by atoms with Crippen LogP contribution in [-0.2, 0) is 0 Å². The van der Waals surface area contributed by atoms with Crippen LogP contribution in [0.15, 0.2) is 29.1 Å². The van der Waals surface area contributed by atoms with Crippen LogP contribution >= 0.6 is 12.2 Å². The molecule has 0 unspecified atom stereocenters. The van der Waals surface area contributed by atoms with Crippen molar-refractivity contribution in [3.63, 3.8) is 0 Å². The van der Waals surface area contributed by atoms with E-state index >= 15 is 0 Å². The van der Waals surface area contributed by atoms with Crippen molar-refractivity contribution in [2.45, 2.75) is 18.9 Å². The third-order valence-electron chi connectivity index (χ3n) is 3.89. The van der Waals surface area contributed by atoms with Crippen LogP contribution < -0.4 is 5.69 Å². The molecule has 6 heteroatoms. The third kappa shape index (κ3) is 1.37. The van der Waals surface area contributed by atoms with Crippen LogP contribution in [0.5, 0.6) is 0 Å². The lowest BCUT2D eigenvalue weighted by molar-refractivity contribution is 0.390. The fourth-order valence-electron chi connectivity index (χ4n) is 3.05. The zero-order chi connectivity index (χ0) is 13.0. The van der Waals surface area contributed by atoms with Crippen LogP contribution in [0.25, 0.3) is 5.69 Å². The summed E-state index contributed by atoms with van der Waals surface area (Å²) in [6.45, 7) is 0.929. The summed E-state index contributed by atoms with van der Waals surface area (Å²) in [6, 6.07) is 7.87. The molecule has 0 saturated carbocycles. The third-order valence-corrected chi connectivity index (χ3v) is 4.34. The molecule has 0 bridgehead atoms. The molecule has 0 amide bonds. The average molecular weight is 272 g/mol. The van der Waals surface area contributed by atoms with Crippen molar-refractivity contribution in [3.8, 4) is 5.69 Å². The number of thiocarbonyl (C=S) groups is 1. The molecule has 1 aromatic heterocycles. The standard InChI is InChI=1S/C13H12N4OS/c18-13-15-14-11-10-6-3-7-16(10)12(19)8-4-1-2-5-9(8)17(11)13/h1-2,4-5,10H,3,6-7H2,(H,15,18)/t10-/m0/s1. The first-order valence-electron chi connectivity index (χ1n) is 6.35. The van der Waals surface area contributed by atoms with Gasteiger partial charge in [-0.2, -0.15) is 5.10 Å². The Morgan fingerprint density at radius 1 is 1.37 bits per heavy atom. The molecular weight excluding hydrogens is 260 g/mol. The number of aromatic amines is 1. The molecule has 19 heavy (non-hydrogen) atoms. The Bertz CT molecular complexity index is 732. The van der Waals surface area contributed by atoms with E-state index in [1.54, 1.807) is 4.57 Å². The lowest BCUT2D eigenvalue weighted by Crippen LogP contribution is -2.29. The minimum Gasteiger partial charge on any atom is -0.352 e. The molecule has 4 rings (SSSR count). The van der Waals surface area contributed by atoms with E-state index in [2.05, 4.69) is 15.1 Å². The molecule has 1 atom stereocenters. The molecule has 0 spiro atoms. The predicted molar refractivity (Wildman–Crippen MR) is 74.6 cm³/mol. The van der Waals surface area contributed by atoms with E-state index in [1.165, 1.54) is 0 Å². The van der Waals surface area contributed by atoms with E-state index in [0.717, 1.165) is 41.5 Å². The van der Waals surface area contributed by atoms with Gasteiger partial charge in [-0.15, -0.1) is 0 Å². The second kappa shape index (κ2) is 3.77. The van der Waals surface area contributed by atoms with E-state index in [1.807, 2.05) is 24.3 Å². The maximum Gasteiger partial charge on any atom is 0.348 e. The summed E-state index contributed by atoms with van der Waals surface area (Å²) in [5.41, 5.74) is 1.57. The van der Waals surface area contributed by atoms with E-state index in [9.17, 15) is 4.79 Å². The molecule has 0 radical (unpaired) electrons. The molecule has 5 nitrogen and oxygen atoms in total. The summed E-state index contributed by atoms with van der Waals surface area (Å²) in [5.74, 6) is 0.773. The Morgan fingerprint density at radius 3 is 3.11 bits per heavy atom. The number of H-pyrrole nitrogens is 1. The number of hydrogen-bond donors (Lipinski definition) is 1. The van der Waals surface area contributed by atoms with Gasteiger partial charge < -0.3 is 4.90 Å². The first-order valence-corrected chi connectivity index (χ1v) is 6.76. The van der Waals surface area contributed by atoms with Crippen molar-refractivity contribution in [3.05, 3.63) is 46.1 Å². The van der Waals surface area contributed by atoms with Crippen LogP contribution in [0.3, 0.4) is 0 Å². The highest BCUT2D eigenvalue weighted by Gasteiger charge is 2.36. The summed E-state index contributed by atoms with van der Waals surface area (Å²) in [4.78, 5) is 15.1. The van der Waals surface area contributed by atoms with Gasteiger partial charge in [-0.25, -0.2) is 14.5 Å². The van der Waals surface area contributed by atoms with Gasteiger partial charge in [-0.05, 0) is 25.0 Å². The van der Waals surface area contributed by atoms with Crippen molar-refractivity contribution < 1.29 is 0 Å². The van der Waals surface area contributed by atoms with Crippen molar-refractivity contribution in [2.24, 2.45) is 0 Å². The quantitative estimate of drug-likeness (QED) is 0.736. The first-order chi connectivity index (χ1) is 9.27. The number of nitrogens with zero attached hydrogens (tertiary/aromatic N) is 3. The molecule has 96 valence electrons. The number of rotatable bonds is 0. The number of aromatic nitrogens is 3. The van der Waals surface area contributed by atoms with Gasteiger partial charge in [-0.1, -0.05) is 24.4 Å². The molecule has 1 aromatic carbocycles. The van der Waals surface area contributed by atoms with Crippen LogP contribution in [0.2, 0.25) is 0 Å². The van der Waals surface area contributed by atoms with E-state index in [-0.39, 0.29) is 11.7 Å². The van der Waals surface area contributed by atoms with Gasteiger partial charge in [0.05, 0.1) is 11.7 Å². The van der Waals surface area contributed by atoms with E-state index in [0.29, 0.717) is 0 Å². The summed E-state index contributed by atoms with van der Waals surface area (Å²) >= 11 is 5.61. The topological polar surface area (TPSA) is 53.9 Å². The zero-order valence-electron chi connectivity index (χ0n) is 10.2. The molecule has 2 aromatic rings. The SMILES string of the molecule is O=c1[nH]nc2n1-c1ccccc1C(=S)N1CCC[C@@H]21. The minimum atomic E-state index is -0.195. The van der Waals surface area contributed by atoms with Gasteiger partial charge in [-0.3, -0.25) is 0 Å². The molecule has 2 aliphatic rings. The summed E-state index contributed by atoms with van der Waals surface area (Å²) in [6.07, 6.45) is 2.06. The minimum absolute atomic E-state index is 0.110. The van der Waals surface area contributed by atoms with E-state index < -0.39 is 0 Å². The number of benzene rings is 1. The van der Waals surface area contributed by atoms with Crippen LogP contribution in [-0.4, -0.2) is 31.2 Å². The van der Waals surface area contributed by atoms with E-state index in [4.69, 9.17) is 12.2 Å². The number of para-hydroxylation sites is 1. The normalized spacial score (nSPS) is 20.7. The molecule has 2 aliphatic heterocycles. The second-order valence-corrected chi connectivity index (χ2v) is 5.28. The largest absolute Gasteiger partial charge is 0.352 e. The fraction of sp³-hybridized carbons (Fsp3) is 0.308. The summed E-state index contributed by atoms with van der Waals surface area (Å²) < 4.78 is 1.66. The van der Waals surface area contributed by atoms with Crippen LogP contribution in [0.1, 0.15) is 30.3 Å². The van der Waals surface area contributed by atoms with Gasteiger partial charge in [0.2, 0.25) is 0 Å². The van der Waals surface area contributed by atoms with Crippen molar-refractivity contribution in [1.29, 1.82) is 0 Å². The summed E-state index contributed by atoms with van der Waals surface area (Å²) in [7, 11) is 0. The van der Waals surface area contributed by atoms with Gasteiger partial charge >= 0.3 is 5.69 Å². The smallest absolute Gasteiger partial charge is 0.348 e. The Labute approximate surface area is 114 Å². The van der Waals surface area contributed by atoms with Gasteiger partial charge in [0.25, 0.3) is 0 Å². The number of fused-ring (bicyclic) bond motifs is 5. The van der Waals surface area contributed by atoms with Crippen molar-refractivity contribution in [2.75, 3.05) is 6.54 Å². The molecule has 1 fully saturated rings. The fourth-order valence-corrected chi connectivity index (χ4v) is 3.44. The Kier molecular flexibility index (Phi) is 2.17. The first kappa shape index (κ1) is 10.9. The van der Waals surface area contributed by atoms with Crippen LogP contribution in [0.4, 0.5) is 0 Å². The van der Waals surface area contributed by atoms with Gasteiger partial charge in [0.15, 0.2) is 5.82 Å². The maximum absolute atomic E-state index is 12.1. The predicted octanol–water partition coefficient (Wildman–Crippen LogP) is 1.39. The molecular formula is C13H12N4OS. The lowest BCUT2D eigenvalue weighted by Gasteiger charge is -2.23. The molecule has 1 saturated heterocycles. The highest BCUT2D eigenvalue weighted by atomic mass is 32.1. The molecule has 0 aliphatic carbocycles. The zero-order valence-corrected chi connectivity index (χ0v) is 11.0. The summed E-state index contributed by atoms with van der Waals surface area (Å²) in [5, 5.41) is 6.78. The molecule has 3 heterocycles. The Hall–Kier alpha value is -1.95. The van der Waals surface area contributed by atoms with Crippen LogP contribution in [0, 0.1) is 0 Å². The molecule has 1 N–H and O–H groups in total. The average Bonchev–Trinajstić information content (AvgIpc) is 3.02. The van der Waals surface area contributed by atoms with Gasteiger partial charge in [0, 0.05) is 12.1 Å². The number of hydrogen-bond acceptors (Lipinski definition) is 3. The Balaban J connectivity index is 2.09. The maximum atomic E-state index is 12.1. The monoisotopic (exact) mass is 272 g/mol. The highest BCUT2D eigenvalue weighted by Crippen LogP contribution is 2.36. The lowest BCUT2D eigenvalue weighted by atomic mass is 10.1. The number of nitrogens with one attached hydrogen (secondary N) is 1. The van der Waals surface area contributed by atoms with Gasteiger partial charge in [0.1, 0.15) is 4.99 Å². The van der Waals surface area contributed by atoms with Crippen molar-refractivity contribution >= 4 is 17.2 Å². The highest BCUT2D eigenvalue weighted by molar-refractivity contribution is 7.80.